The Bertz CT molecular complexity index is 517. The van der Waals surface area contributed by atoms with Crippen LogP contribution in [0.4, 0.5) is 0 Å². The largest absolute Gasteiger partial charge is 0.325 e. The van der Waals surface area contributed by atoms with Crippen LogP contribution in [0.1, 0.15) is 11.3 Å². The van der Waals surface area contributed by atoms with Gasteiger partial charge in [0.05, 0.1) is 5.69 Å². The zero-order chi connectivity index (χ0) is 11.7. The van der Waals surface area contributed by atoms with Gasteiger partial charge < -0.3 is 10.3 Å². The van der Waals surface area contributed by atoms with Gasteiger partial charge in [-0.1, -0.05) is 24.3 Å². The van der Waals surface area contributed by atoms with Gasteiger partial charge in [0.15, 0.2) is 0 Å². The molecule has 0 aliphatic rings. The molecule has 0 aliphatic heterocycles. The van der Waals surface area contributed by atoms with E-state index >= 15 is 0 Å². The number of nitrogens with zero attached hydrogens (tertiary/aromatic N) is 2. The summed E-state index contributed by atoms with van der Waals surface area (Å²) in [4.78, 5) is 4.55. The van der Waals surface area contributed by atoms with E-state index in [1.807, 2.05) is 23.7 Å². The minimum absolute atomic E-state index is 0.445. The summed E-state index contributed by atoms with van der Waals surface area (Å²) in [6.45, 7) is 2.53. The van der Waals surface area contributed by atoms with Crippen molar-refractivity contribution in [1.29, 1.82) is 0 Å². The number of hydrogen-bond acceptors (Lipinski definition) is 2. The van der Waals surface area contributed by atoms with Crippen LogP contribution in [-0.4, -0.2) is 9.55 Å². The number of halogens is 1. The highest BCUT2D eigenvalue weighted by atomic mass is 79.9. The van der Waals surface area contributed by atoms with Gasteiger partial charge in [0.25, 0.3) is 0 Å². The molecule has 16 heavy (non-hydrogen) atoms. The topological polar surface area (TPSA) is 43.8 Å². The molecule has 0 saturated heterocycles. The van der Waals surface area contributed by atoms with E-state index in [4.69, 9.17) is 5.73 Å². The second-order valence-corrected chi connectivity index (χ2v) is 4.50. The molecule has 2 aromatic rings. The maximum absolute atomic E-state index is 5.64. The van der Waals surface area contributed by atoms with Crippen LogP contribution in [-0.2, 0) is 13.6 Å². The van der Waals surface area contributed by atoms with Crippen LogP contribution in [0.25, 0.3) is 11.4 Å². The summed E-state index contributed by atoms with van der Waals surface area (Å²) >= 11 is 3.50. The Hall–Kier alpha value is -1.13. The van der Waals surface area contributed by atoms with Crippen LogP contribution in [0.3, 0.4) is 0 Å². The molecule has 0 fully saturated rings. The van der Waals surface area contributed by atoms with Crippen molar-refractivity contribution in [3.63, 3.8) is 0 Å². The van der Waals surface area contributed by atoms with Crippen molar-refractivity contribution >= 4 is 15.9 Å². The number of aromatic nitrogens is 2. The Morgan fingerprint density at radius 1 is 1.38 bits per heavy atom. The highest BCUT2D eigenvalue weighted by molar-refractivity contribution is 9.10. The summed E-state index contributed by atoms with van der Waals surface area (Å²) in [7, 11) is 1.98. The van der Waals surface area contributed by atoms with Gasteiger partial charge in [-0.25, -0.2) is 4.98 Å². The lowest BCUT2D eigenvalue weighted by molar-refractivity contribution is 0.892. The third-order valence-corrected chi connectivity index (χ3v) is 3.66. The minimum Gasteiger partial charge on any atom is -0.325 e. The maximum atomic E-state index is 5.64. The van der Waals surface area contributed by atoms with Crippen LogP contribution in [0, 0.1) is 6.92 Å². The molecule has 2 N–H and O–H groups in total. The highest BCUT2D eigenvalue weighted by Gasteiger charge is 2.13. The van der Waals surface area contributed by atoms with Gasteiger partial charge in [-0.05, 0) is 28.4 Å². The molecule has 3 nitrogen and oxygen atoms in total. The summed E-state index contributed by atoms with van der Waals surface area (Å²) in [6.07, 6.45) is 0. The zero-order valence-electron chi connectivity index (χ0n) is 9.37. The van der Waals surface area contributed by atoms with Crippen molar-refractivity contribution < 1.29 is 0 Å². The van der Waals surface area contributed by atoms with Crippen LogP contribution in [0.2, 0.25) is 0 Å². The Balaban J connectivity index is 2.61. The molecule has 0 atom stereocenters. The molecule has 2 rings (SSSR count). The molecule has 1 aromatic carbocycles. The fraction of sp³-hybridized carbons (Fsp3) is 0.250. The molecule has 0 unspecified atom stereocenters. The first kappa shape index (κ1) is 11.4. The van der Waals surface area contributed by atoms with Crippen LogP contribution in [0.5, 0.6) is 0 Å². The Kier molecular flexibility index (Phi) is 3.12. The molecule has 0 spiro atoms. The van der Waals surface area contributed by atoms with Gasteiger partial charge in [0, 0.05) is 19.2 Å². The molecule has 4 heteroatoms. The van der Waals surface area contributed by atoms with E-state index in [0.717, 1.165) is 21.7 Å². The molecule has 0 amide bonds. The van der Waals surface area contributed by atoms with E-state index in [0.29, 0.717) is 6.54 Å². The van der Waals surface area contributed by atoms with E-state index in [1.165, 1.54) is 5.56 Å². The first-order valence-electron chi connectivity index (χ1n) is 5.12. The van der Waals surface area contributed by atoms with Crippen LogP contribution in [0.15, 0.2) is 28.9 Å². The van der Waals surface area contributed by atoms with Gasteiger partial charge in [-0.2, -0.15) is 0 Å². The maximum Gasteiger partial charge on any atom is 0.141 e. The third-order valence-electron chi connectivity index (χ3n) is 2.67. The molecule has 0 bridgehead atoms. The third kappa shape index (κ3) is 1.79. The standard InChI is InChI=1S/C12H14BrN3/c1-8-5-3-4-6-9(8)12-15-10(7-14)11(13)16(12)2/h3-6H,7,14H2,1-2H3. The SMILES string of the molecule is Cc1ccccc1-c1nc(CN)c(Br)n1C. The van der Waals surface area contributed by atoms with E-state index in [-0.39, 0.29) is 0 Å². The average molecular weight is 280 g/mol. The van der Waals surface area contributed by atoms with Crippen LogP contribution < -0.4 is 5.73 Å². The first-order valence-corrected chi connectivity index (χ1v) is 5.91. The summed E-state index contributed by atoms with van der Waals surface area (Å²) in [6, 6.07) is 8.21. The van der Waals surface area contributed by atoms with Crippen molar-refractivity contribution in [2.24, 2.45) is 12.8 Å². The number of imidazole rings is 1. The Morgan fingerprint density at radius 2 is 2.06 bits per heavy atom. The summed E-state index contributed by atoms with van der Waals surface area (Å²) in [5.41, 5.74) is 8.89. The molecule has 1 heterocycles. The second kappa shape index (κ2) is 4.39. The van der Waals surface area contributed by atoms with Gasteiger partial charge in [-0.3, -0.25) is 0 Å². The number of nitrogens with two attached hydrogens (primary N) is 1. The Labute approximate surface area is 103 Å². The summed E-state index contributed by atoms with van der Waals surface area (Å²) < 4.78 is 2.97. The predicted octanol–water partition coefficient (Wildman–Crippen LogP) is 2.62. The second-order valence-electron chi connectivity index (χ2n) is 3.75. The van der Waals surface area contributed by atoms with Gasteiger partial charge in [0.2, 0.25) is 0 Å². The smallest absolute Gasteiger partial charge is 0.141 e. The normalized spacial score (nSPS) is 10.8. The molecular formula is C12H14BrN3. The number of hydrogen-bond donors (Lipinski definition) is 1. The number of rotatable bonds is 2. The van der Waals surface area contributed by atoms with Gasteiger partial charge in [0.1, 0.15) is 10.4 Å². The lowest BCUT2D eigenvalue weighted by atomic mass is 10.1. The van der Waals surface area contributed by atoms with Gasteiger partial charge in [-0.15, -0.1) is 0 Å². The van der Waals surface area contributed by atoms with E-state index < -0.39 is 0 Å². The van der Waals surface area contributed by atoms with E-state index in [2.05, 4.69) is 40.0 Å². The van der Waals surface area contributed by atoms with Crippen molar-refractivity contribution in [1.82, 2.24) is 9.55 Å². The van der Waals surface area contributed by atoms with Gasteiger partial charge >= 0.3 is 0 Å². The molecule has 0 aliphatic carbocycles. The zero-order valence-corrected chi connectivity index (χ0v) is 11.0. The van der Waals surface area contributed by atoms with Crippen molar-refractivity contribution in [3.8, 4) is 11.4 Å². The lowest BCUT2D eigenvalue weighted by Gasteiger charge is -2.05. The molecule has 0 radical (unpaired) electrons. The molecule has 0 saturated carbocycles. The Morgan fingerprint density at radius 3 is 2.62 bits per heavy atom. The van der Waals surface area contributed by atoms with Crippen molar-refractivity contribution in [3.05, 3.63) is 40.1 Å². The van der Waals surface area contributed by atoms with E-state index in [1.54, 1.807) is 0 Å². The predicted molar refractivity (Wildman–Crippen MR) is 69.0 cm³/mol. The monoisotopic (exact) mass is 279 g/mol. The summed E-state index contributed by atoms with van der Waals surface area (Å²) in [5, 5.41) is 0. The number of aryl methyl sites for hydroxylation is 1. The molecule has 1 aromatic heterocycles. The van der Waals surface area contributed by atoms with Crippen molar-refractivity contribution in [2.45, 2.75) is 13.5 Å². The number of benzene rings is 1. The quantitative estimate of drug-likeness (QED) is 0.919. The lowest BCUT2D eigenvalue weighted by Crippen LogP contribution is -1.97. The fourth-order valence-corrected chi connectivity index (χ4v) is 2.15. The summed E-state index contributed by atoms with van der Waals surface area (Å²) in [5.74, 6) is 0.949. The minimum atomic E-state index is 0.445. The van der Waals surface area contributed by atoms with Crippen molar-refractivity contribution in [2.75, 3.05) is 0 Å². The van der Waals surface area contributed by atoms with E-state index in [9.17, 15) is 0 Å². The fourth-order valence-electron chi connectivity index (χ4n) is 1.73. The first-order chi connectivity index (χ1) is 7.65. The highest BCUT2D eigenvalue weighted by Crippen LogP contribution is 2.26. The van der Waals surface area contributed by atoms with Crippen LogP contribution >= 0.6 is 15.9 Å². The average Bonchev–Trinajstić information content (AvgIpc) is 2.57. The molecular weight excluding hydrogens is 266 g/mol. The molecule has 84 valence electrons.